The van der Waals surface area contributed by atoms with Gasteiger partial charge in [0.05, 0.1) is 24.8 Å². The van der Waals surface area contributed by atoms with E-state index in [0.29, 0.717) is 16.7 Å². The molecule has 1 N–H and O–H groups in total. The Hall–Kier alpha value is -3.68. The first kappa shape index (κ1) is 22.5. The lowest BCUT2D eigenvalue weighted by molar-refractivity contribution is -0.129. The number of esters is 1. The van der Waals surface area contributed by atoms with Gasteiger partial charge in [0.1, 0.15) is 11.3 Å². The molecule has 0 bridgehead atoms. The van der Waals surface area contributed by atoms with Gasteiger partial charge in [-0.25, -0.2) is 4.79 Å². The van der Waals surface area contributed by atoms with Crippen molar-refractivity contribution in [2.24, 2.45) is 0 Å². The highest BCUT2D eigenvalue weighted by Crippen LogP contribution is 2.27. The first-order valence-electron chi connectivity index (χ1n) is 11.0. The average molecular weight is 450 g/mol. The van der Waals surface area contributed by atoms with Crippen molar-refractivity contribution in [1.29, 1.82) is 0 Å². The molecule has 4 rings (SSSR count). The van der Waals surface area contributed by atoms with Crippen LogP contribution in [0.2, 0.25) is 0 Å². The Morgan fingerprint density at radius 2 is 1.70 bits per heavy atom. The number of carbonyl (C=O) groups is 4. The van der Waals surface area contributed by atoms with Crippen LogP contribution in [0.4, 0.5) is 0 Å². The molecule has 1 saturated carbocycles. The number of ether oxygens (including phenoxy) is 2. The summed E-state index contributed by atoms with van der Waals surface area (Å²) in [7, 11) is 1.42. The fraction of sp³-hybridized carbons (Fsp3) is 0.360. The van der Waals surface area contributed by atoms with Gasteiger partial charge < -0.3 is 14.8 Å². The summed E-state index contributed by atoms with van der Waals surface area (Å²) in [5.74, 6) is -1.54. The van der Waals surface area contributed by atoms with E-state index in [-0.39, 0.29) is 41.6 Å². The summed E-state index contributed by atoms with van der Waals surface area (Å²) in [6, 6.07) is 11.5. The quantitative estimate of drug-likeness (QED) is 0.514. The van der Waals surface area contributed by atoms with Crippen molar-refractivity contribution in [1.82, 2.24) is 10.2 Å². The lowest BCUT2D eigenvalue weighted by atomic mass is 10.1. The summed E-state index contributed by atoms with van der Waals surface area (Å²) in [6.07, 6.45) is 3.05. The minimum atomic E-state index is -0.970. The minimum Gasteiger partial charge on any atom is -0.496 e. The number of hydrogen-bond acceptors (Lipinski definition) is 6. The first-order chi connectivity index (χ1) is 15.9. The normalized spacial score (nSPS) is 16.5. The van der Waals surface area contributed by atoms with Gasteiger partial charge in [0.25, 0.3) is 17.7 Å². The van der Waals surface area contributed by atoms with E-state index in [1.54, 1.807) is 36.4 Å². The number of fused-ring (bicyclic) bond motifs is 1. The second kappa shape index (κ2) is 9.44. The van der Waals surface area contributed by atoms with Gasteiger partial charge >= 0.3 is 5.97 Å². The highest BCUT2D eigenvalue weighted by atomic mass is 16.5. The molecule has 3 amide bonds. The number of amides is 3. The van der Waals surface area contributed by atoms with Gasteiger partial charge in [-0.3, -0.25) is 19.3 Å². The van der Waals surface area contributed by atoms with Crippen LogP contribution in [0.3, 0.4) is 0 Å². The van der Waals surface area contributed by atoms with Crippen LogP contribution in [-0.2, 0) is 16.1 Å². The highest BCUT2D eigenvalue weighted by molar-refractivity contribution is 6.21. The summed E-state index contributed by atoms with van der Waals surface area (Å²) in [4.78, 5) is 51.7. The van der Waals surface area contributed by atoms with Crippen molar-refractivity contribution in [2.75, 3.05) is 7.11 Å². The Balaban J connectivity index is 1.47. The van der Waals surface area contributed by atoms with Crippen LogP contribution in [0.15, 0.2) is 42.5 Å². The Kier molecular flexibility index (Phi) is 6.44. The fourth-order valence-corrected chi connectivity index (χ4v) is 4.24. The minimum absolute atomic E-state index is 0.00561. The summed E-state index contributed by atoms with van der Waals surface area (Å²) in [6.45, 7) is 1.52. The molecule has 1 heterocycles. The Bertz CT molecular complexity index is 1070. The van der Waals surface area contributed by atoms with E-state index in [4.69, 9.17) is 9.47 Å². The van der Waals surface area contributed by atoms with E-state index in [0.717, 1.165) is 30.6 Å². The second-order valence-electron chi connectivity index (χ2n) is 8.31. The number of hydrogen-bond donors (Lipinski definition) is 1. The number of benzene rings is 2. The Morgan fingerprint density at radius 1 is 1.06 bits per heavy atom. The Labute approximate surface area is 191 Å². The zero-order valence-electron chi connectivity index (χ0n) is 18.6. The van der Waals surface area contributed by atoms with Crippen LogP contribution in [0, 0.1) is 0 Å². The molecule has 0 radical (unpaired) electrons. The van der Waals surface area contributed by atoms with Crippen LogP contribution in [-0.4, -0.2) is 47.8 Å². The van der Waals surface area contributed by atoms with Crippen molar-refractivity contribution >= 4 is 23.7 Å². The lowest BCUT2D eigenvalue weighted by Gasteiger charge is -2.18. The molecule has 1 aliphatic heterocycles. The van der Waals surface area contributed by atoms with Gasteiger partial charge in [-0.15, -0.1) is 0 Å². The van der Waals surface area contributed by atoms with E-state index in [1.165, 1.54) is 20.1 Å². The third-order valence-corrected chi connectivity index (χ3v) is 6.06. The highest BCUT2D eigenvalue weighted by Gasteiger charge is 2.35. The fourth-order valence-electron chi connectivity index (χ4n) is 4.24. The molecule has 1 fully saturated rings. The van der Waals surface area contributed by atoms with Gasteiger partial charge in [-0.2, -0.15) is 0 Å². The van der Waals surface area contributed by atoms with Gasteiger partial charge in [-0.1, -0.05) is 31.0 Å². The summed E-state index contributed by atoms with van der Waals surface area (Å²) in [5, 5.41) is 2.91. The molecule has 2 aromatic carbocycles. The molecule has 172 valence electrons. The zero-order chi connectivity index (χ0) is 23.5. The molecule has 0 saturated heterocycles. The van der Waals surface area contributed by atoms with Crippen molar-refractivity contribution in [3.63, 3.8) is 0 Å². The predicted molar refractivity (Wildman–Crippen MR) is 119 cm³/mol. The van der Waals surface area contributed by atoms with Gasteiger partial charge in [0, 0.05) is 6.04 Å². The summed E-state index contributed by atoms with van der Waals surface area (Å²) < 4.78 is 10.7. The number of carbonyl (C=O) groups excluding carboxylic acids is 4. The molecule has 1 unspecified atom stereocenters. The molecule has 1 atom stereocenters. The van der Waals surface area contributed by atoms with Crippen LogP contribution >= 0.6 is 0 Å². The monoisotopic (exact) mass is 450 g/mol. The molecule has 0 aromatic heterocycles. The second-order valence-corrected chi connectivity index (χ2v) is 8.31. The van der Waals surface area contributed by atoms with Crippen LogP contribution in [0.25, 0.3) is 0 Å². The molecule has 2 aliphatic rings. The predicted octanol–water partition coefficient (Wildman–Crippen LogP) is 3.10. The van der Waals surface area contributed by atoms with E-state index < -0.39 is 12.1 Å². The van der Waals surface area contributed by atoms with Crippen molar-refractivity contribution in [3.8, 4) is 5.75 Å². The number of methoxy groups -OCH3 is 1. The molecular weight excluding hydrogens is 424 g/mol. The molecule has 1 aliphatic carbocycles. The number of nitrogens with one attached hydrogen (secondary N) is 1. The van der Waals surface area contributed by atoms with Crippen LogP contribution in [0.5, 0.6) is 5.75 Å². The van der Waals surface area contributed by atoms with E-state index in [9.17, 15) is 19.2 Å². The Morgan fingerprint density at radius 3 is 2.30 bits per heavy atom. The first-order valence-corrected chi connectivity index (χ1v) is 11.0. The average Bonchev–Trinajstić information content (AvgIpc) is 3.41. The van der Waals surface area contributed by atoms with Crippen molar-refractivity contribution < 1.29 is 28.7 Å². The maximum absolute atomic E-state index is 12.8. The van der Waals surface area contributed by atoms with Gasteiger partial charge in [-0.05, 0) is 49.6 Å². The molecule has 0 spiro atoms. The lowest BCUT2D eigenvalue weighted by Crippen LogP contribution is -2.40. The number of nitrogens with zero attached hydrogens (tertiary/aromatic N) is 1. The zero-order valence-corrected chi connectivity index (χ0v) is 18.6. The topological polar surface area (TPSA) is 102 Å². The molecule has 8 nitrogen and oxygen atoms in total. The summed E-state index contributed by atoms with van der Waals surface area (Å²) in [5.41, 5.74) is 1.39. The third kappa shape index (κ3) is 4.60. The maximum Gasteiger partial charge on any atom is 0.342 e. The van der Waals surface area contributed by atoms with Gasteiger partial charge in [0.2, 0.25) is 0 Å². The summed E-state index contributed by atoms with van der Waals surface area (Å²) >= 11 is 0. The van der Waals surface area contributed by atoms with Crippen molar-refractivity contribution in [3.05, 3.63) is 64.7 Å². The molecule has 33 heavy (non-hydrogen) atoms. The standard InChI is InChI=1S/C25H26N2O6/c1-15(22(28)26-17-7-3-4-8-17)33-25(31)20-13-16(11-12-21(20)32-2)14-27-23(29)18-9-5-6-10-19(18)24(27)30/h5-6,9-13,15,17H,3-4,7-8,14H2,1-2H3,(H,26,28). The largest absolute Gasteiger partial charge is 0.496 e. The maximum atomic E-state index is 12.8. The van der Waals surface area contributed by atoms with E-state index in [1.807, 2.05) is 0 Å². The van der Waals surface area contributed by atoms with Gasteiger partial charge in [0.15, 0.2) is 6.10 Å². The van der Waals surface area contributed by atoms with Crippen LogP contribution < -0.4 is 10.1 Å². The van der Waals surface area contributed by atoms with E-state index in [2.05, 4.69) is 5.32 Å². The van der Waals surface area contributed by atoms with Crippen molar-refractivity contribution in [2.45, 2.75) is 51.3 Å². The third-order valence-electron chi connectivity index (χ3n) is 6.06. The number of rotatable bonds is 7. The van der Waals surface area contributed by atoms with E-state index >= 15 is 0 Å². The molecule has 8 heteroatoms. The number of imide groups is 1. The van der Waals surface area contributed by atoms with Crippen LogP contribution in [0.1, 0.15) is 69.2 Å². The molecule has 2 aromatic rings. The smallest absolute Gasteiger partial charge is 0.342 e. The SMILES string of the molecule is COc1ccc(CN2C(=O)c3ccccc3C2=O)cc1C(=O)OC(C)C(=O)NC1CCCC1. The molecular formula is C25H26N2O6.